The fourth-order valence-corrected chi connectivity index (χ4v) is 3.60. The van der Waals surface area contributed by atoms with Crippen molar-refractivity contribution in [2.24, 2.45) is 0 Å². The van der Waals surface area contributed by atoms with Gasteiger partial charge in [0, 0.05) is 31.5 Å². The Bertz CT molecular complexity index is 841. The Morgan fingerprint density at radius 1 is 1.12 bits per heavy atom. The molecule has 2 aromatic rings. The van der Waals surface area contributed by atoms with Gasteiger partial charge in [-0.3, -0.25) is 4.79 Å². The summed E-state index contributed by atoms with van der Waals surface area (Å²) in [6.45, 7) is 0.884. The molecular formula is C20H18FNO4. The molecule has 5 nitrogen and oxygen atoms in total. The molecule has 2 heterocycles. The fourth-order valence-electron chi connectivity index (χ4n) is 3.60. The number of likely N-dealkylation sites (tertiary alicyclic amines) is 1. The molecule has 0 aromatic heterocycles. The second-order valence-corrected chi connectivity index (χ2v) is 6.55. The minimum absolute atomic E-state index is 0.102. The summed E-state index contributed by atoms with van der Waals surface area (Å²) in [4.78, 5) is 26.2. The molecule has 0 aliphatic carbocycles. The molecule has 1 spiro atoms. The van der Waals surface area contributed by atoms with Crippen molar-refractivity contribution < 1.29 is 23.5 Å². The summed E-state index contributed by atoms with van der Waals surface area (Å²) in [5.74, 6) is -0.329. The zero-order valence-corrected chi connectivity index (χ0v) is 14.1. The van der Waals surface area contributed by atoms with Crippen LogP contribution in [0.1, 0.15) is 28.8 Å². The van der Waals surface area contributed by atoms with Crippen LogP contribution in [-0.4, -0.2) is 36.5 Å². The number of esters is 1. The topological polar surface area (TPSA) is 55.8 Å². The van der Waals surface area contributed by atoms with Crippen molar-refractivity contribution in [3.63, 3.8) is 0 Å². The first-order valence-electron chi connectivity index (χ1n) is 8.56. The van der Waals surface area contributed by atoms with Gasteiger partial charge in [-0.25, -0.2) is 9.18 Å². The summed E-state index contributed by atoms with van der Waals surface area (Å²) in [6, 6.07) is 13.0. The molecule has 134 valence electrons. The third-order valence-electron chi connectivity index (χ3n) is 5.03. The van der Waals surface area contributed by atoms with Gasteiger partial charge in [0.15, 0.2) is 6.61 Å². The van der Waals surface area contributed by atoms with Crippen molar-refractivity contribution in [2.75, 3.05) is 19.7 Å². The number of hydrogen-bond donors (Lipinski definition) is 0. The number of amides is 1. The number of rotatable bonds is 3. The van der Waals surface area contributed by atoms with E-state index in [2.05, 4.69) is 0 Å². The molecule has 1 fully saturated rings. The monoisotopic (exact) mass is 355 g/mol. The summed E-state index contributed by atoms with van der Waals surface area (Å²) in [5.41, 5.74) is 0.911. The number of halogens is 1. The number of piperidine rings is 1. The lowest BCUT2D eigenvalue weighted by molar-refractivity contribution is -0.137. The number of carbonyl (C=O) groups is 2. The van der Waals surface area contributed by atoms with E-state index in [1.807, 2.05) is 18.2 Å². The van der Waals surface area contributed by atoms with Crippen molar-refractivity contribution in [2.45, 2.75) is 18.4 Å². The number of ether oxygens (including phenoxy) is 2. The number of benzene rings is 2. The van der Waals surface area contributed by atoms with Crippen molar-refractivity contribution in [3.05, 3.63) is 65.5 Å². The van der Waals surface area contributed by atoms with E-state index < -0.39 is 5.60 Å². The predicted octanol–water partition coefficient (Wildman–Crippen LogP) is 2.89. The maximum Gasteiger partial charge on any atom is 0.339 e. The SMILES string of the molecule is O=C1OC2(CCN(C(=O)COc3ccc(F)cc3)CC2)c2ccccc21. The van der Waals surface area contributed by atoms with Crippen molar-refractivity contribution >= 4 is 11.9 Å². The van der Waals surface area contributed by atoms with Crippen LogP contribution in [0.3, 0.4) is 0 Å². The summed E-state index contributed by atoms with van der Waals surface area (Å²) in [6.07, 6.45) is 1.14. The van der Waals surface area contributed by atoms with Gasteiger partial charge in [0.05, 0.1) is 5.56 Å². The van der Waals surface area contributed by atoms with E-state index in [4.69, 9.17) is 9.47 Å². The van der Waals surface area contributed by atoms with E-state index in [0.29, 0.717) is 37.2 Å². The van der Waals surface area contributed by atoms with Crippen LogP contribution in [0.15, 0.2) is 48.5 Å². The Morgan fingerprint density at radius 2 is 1.81 bits per heavy atom. The average molecular weight is 355 g/mol. The van der Waals surface area contributed by atoms with Gasteiger partial charge in [0.25, 0.3) is 5.91 Å². The molecule has 0 atom stereocenters. The van der Waals surface area contributed by atoms with E-state index in [9.17, 15) is 14.0 Å². The predicted molar refractivity (Wildman–Crippen MR) is 91.2 cm³/mol. The van der Waals surface area contributed by atoms with Gasteiger partial charge in [-0.1, -0.05) is 18.2 Å². The zero-order chi connectivity index (χ0) is 18.1. The molecule has 4 rings (SSSR count). The van der Waals surface area contributed by atoms with Crippen molar-refractivity contribution in [1.82, 2.24) is 4.90 Å². The Kier molecular flexibility index (Phi) is 4.11. The van der Waals surface area contributed by atoms with Gasteiger partial charge in [0.2, 0.25) is 0 Å². The highest BCUT2D eigenvalue weighted by Crippen LogP contribution is 2.43. The maximum absolute atomic E-state index is 12.9. The smallest absolute Gasteiger partial charge is 0.339 e. The Morgan fingerprint density at radius 3 is 2.54 bits per heavy atom. The van der Waals surface area contributed by atoms with Gasteiger partial charge < -0.3 is 14.4 Å². The minimum Gasteiger partial charge on any atom is -0.484 e. The molecule has 2 aromatic carbocycles. The van der Waals surface area contributed by atoms with E-state index in [1.54, 1.807) is 11.0 Å². The Labute approximate surface area is 150 Å². The molecule has 2 aliphatic rings. The second-order valence-electron chi connectivity index (χ2n) is 6.55. The zero-order valence-electron chi connectivity index (χ0n) is 14.1. The van der Waals surface area contributed by atoms with Crippen LogP contribution in [0.5, 0.6) is 5.75 Å². The molecule has 0 unspecified atom stereocenters. The molecule has 2 aliphatic heterocycles. The van der Waals surface area contributed by atoms with Crippen molar-refractivity contribution in [1.29, 1.82) is 0 Å². The lowest BCUT2D eigenvalue weighted by atomic mass is 9.84. The van der Waals surface area contributed by atoms with Gasteiger partial charge in [-0.15, -0.1) is 0 Å². The molecule has 0 bridgehead atoms. The lowest BCUT2D eigenvalue weighted by Crippen LogP contribution is -2.46. The molecular weight excluding hydrogens is 337 g/mol. The number of fused-ring (bicyclic) bond motifs is 2. The van der Waals surface area contributed by atoms with Gasteiger partial charge in [-0.2, -0.15) is 0 Å². The normalized spacial score (nSPS) is 17.7. The quantitative estimate of drug-likeness (QED) is 0.795. The van der Waals surface area contributed by atoms with E-state index in [1.165, 1.54) is 24.3 Å². The number of nitrogens with zero attached hydrogens (tertiary/aromatic N) is 1. The van der Waals surface area contributed by atoms with Crippen LogP contribution in [0, 0.1) is 5.82 Å². The third-order valence-corrected chi connectivity index (χ3v) is 5.03. The van der Waals surface area contributed by atoms with Crippen LogP contribution in [0.4, 0.5) is 4.39 Å². The average Bonchev–Trinajstić information content (AvgIpc) is 2.94. The van der Waals surface area contributed by atoms with Crippen molar-refractivity contribution in [3.8, 4) is 5.75 Å². The molecule has 1 saturated heterocycles. The first kappa shape index (κ1) is 16.6. The van der Waals surface area contributed by atoms with Gasteiger partial charge >= 0.3 is 5.97 Å². The summed E-state index contributed by atoms with van der Waals surface area (Å²) < 4.78 is 24.0. The number of hydrogen-bond acceptors (Lipinski definition) is 4. The summed E-state index contributed by atoms with van der Waals surface area (Å²) in [5, 5.41) is 0. The van der Waals surface area contributed by atoms with E-state index in [0.717, 1.165) is 5.56 Å². The summed E-state index contributed by atoms with van der Waals surface area (Å²) in [7, 11) is 0. The molecule has 0 saturated carbocycles. The Hall–Kier alpha value is -2.89. The van der Waals surface area contributed by atoms with E-state index >= 15 is 0 Å². The van der Waals surface area contributed by atoms with Gasteiger partial charge in [-0.05, 0) is 30.3 Å². The molecule has 6 heteroatoms. The molecule has 0 radical (unpaired) electrons. The highest BCUT2D eigenvalue weighted by molar-refractivity contribution is 5.94. The standard InChI is InChI=1S/C20H18FNO4/c21-14-5-7-15(8-6-14)25-13-18(23)22-11-9-20(10-12-22)17-4-2-1-3-16(17)19(24)26-20/h1-8H,9-13H2. The highest BCUT2D eigenvalue weighted by atomic mass is 19.1. The largest absolute Gasteiger partial charge is 0.484 e. The fraction of sp³-hybridized carbons (Fsp3) is 0.300. The molecule has 0 N–H and O–H groups in total. The number of carbonyl (C=O) groups excluding carboxylic acids is 2. The summed E-state index contributed by atoms with van der Waals surface area (Å²) >= 11 is 0. The van der Waals surface area contributed by atoms with Crippen LogP contribution in [0.25, 0.3) is 0 Å². The maximum atomic E-state index is 12.9. The molecule has 1 amide bonds. The highest BCUT2D eigenvalue weighted by Gasteiger charge is 2.47. The lowest BCUT2D eigenvalue weighted by Gasteiger charge is -2.38. The van der Waals surface area contributed by atoms with Crippen LogP contribution in [-0.2, 0) is 15.1 Å². The van der Waals surface area contributed by atoms with Crippen LogP contribution in [0.2, 0.25) is 0 Å². The first-order chi connectivity index (χ1) is 12.6. The third kappa shape index (κ3) is 2.92. The first-order valence-corrected chi connectivity index (χ1v) is 8.56. The molecule has 26 heavy (non-hydrogen) atoms. The van der Waals surface area contributed by atoms with Crippen LogP contribution < -0.4 is 4.74 Å². The van der Waals surface area contributed by atoms with E-state index in [-0.39, 0.29) is 24.3 Å². The van der Waals surface area contributed by atoms with Gasteiger partial charge in [0.1, 0.15) is 17.2 Å². The minimum atomic E-state index is -0.623. The Balaban J connectivity index is 1.37. The second kappa shape index (κ2) is 6.44. The van der Waals surface area contributed by atoms with Crippen LogP contribution >= 0.6 is 0 Å².